The van der Waals surface area contributed by atoms with Gasteiger partial charge in [-0.25, -0.2) is 8.78 Å². The summed E-state index contributed by atoms with van der Waals surface area (Å²) in [4.78, 5) is 13.6. The lowest BCUT2D eigenvalue weighted by molar-refractivity contribution is 0.0987. The Kier molecular flexibility index (Phi) is 3.98. The van der Waals surface area contributed by atoms with Crippen molar-refractivity contribution in [2.24, 2.45) is 0 Å². The van der Waals surface area contributed by atoms with E-state index in [0.717, 1.165) is 12.1 Å². The van der Waals surface area contributed by atoms with Crippen LogP contribution in [0, 0.1) is 11.6 Å². The predicted molar refractivity (Wildman–Crippen MR) is 71.8 cm³/mol. The molecule has 1 amide bonds. The molecule has 0 aliphatic heterocycles. The molecule has 0 bridgehead atoms. The van der Waals surface area contributed by atoms with Crippen LogP contribution < -0.4 is 4.90 Å². The second kappa shape index (κ2) is 5.69. The van der Waals surface area contributed by atoms with Gasteiger partial charge in [0.1, 0.15) is 17.4 Å². The van der Waals surface area contributed by atoms with Gasteiger partial charge in [-0.1, -0.05) is 6.07 Å². The first-order valence-electron chi connectivity index (χ1n) is 6.08. The van der Waals surface area contributed by atoms with Crippen LogP contribution >= 0.6 is 0 Å². The SMILES string of the molecule is CCN(C(=O)c1cc(F)cc(F)c1)c1cccc(O)c1. The van der Waals surface area contributed by atoms with Gasteiger partial charge in [0, 0.05) is 29.9 Å². The lowest BCUT2D eigenvalue weighted by atomic mass is 10.1. The molecule has 3 nitrogen and oxygen atoms in total. The van der Waals surface area contributed by atoms with E-state index < -0.39 is 17.5 Å². The number of aromatic hydroxyl groups is 1. The number of hydrogen-bond acceptors (Lipinski definition) is 2. The Bertz CT molecular complexity index is 623. The van der Waals surface area contributed by atoms with Gasteiger partial charge in [0.2, 0.25) is 0 Å². The fourth-order valence-corrected chi connectivity index (χ4v) is 1.94. The lowest BCUT2D eigenvalue weighted by Gasteiger charge is -2.21. The number of amides is 1. The van der Waals surface area contributed by atoms with E-state index in [1.165, 1.54) is 17.0 Å². The number of benzene rings is 2. The van der Waals surface area contributed by atoms with Gasteiger partial charge in [-0.15, -0.1) is 0 Å². The molecule has 0 unspecified atom stereocenters. The van der Waals surface area contributed by atoms with Crippen LogP contribution in [-0.2, 0) is 0 Å². The molecule has 0 aliphatic carbocycles. The van der Waals surface area contributed by atoms with Crippen molar-refractivity contribution in [2.45, 2.75) is 6.92 Å². The number of carbonyl (C=O) groups is 1. The smallest absolute Gasteiger partial charge is 0.258 e. The van der Waals surface area contributed by atoms with Crippen LogP contribution in [0.15, 0.2) is 42.5 Å². The Hall–Kier alpha value is -2.43. The maximum absolute atomic E-state index is 13.2. The molecular weight excluding hydrogens is 264 g/mol. The fraction of sp³-hybridized carbons (Fsp3) is 0.133. The number of carbonyl (C=O) groups excluding carboxylic acids is 1. The van der Waals surface area contributed by atoms with E-state index in [4.69, 9.17) is 0 Å². The van der Waals surface area contributed by atoms with Crippen molar-refractivity contribution >= 4 is 11.6 Å². The summed E-state index contributed by atoms with van der Waals surface area (Å²) in [5, 5.41) is 9.44. The second-order valence-electron chi connectivity index (χ2n) is 4.23. The first-order valence-corrected chi connectivity index (χ1v) is 6.08. The summed E-state index contributed by atoms with van der Waals surface area (Å²) in [6.07, 6.45) is 0. The zero-order valence-corrected chi connectivity index (χ0v) is 10.8. The van der Waals surface area contributed by atoms with Crippen molar-refractivity contribution < 1.29 is 18.7 Å². The van der Waals surface area contributed by atoms with Crippen molar-refractivity contribution in [2.75, 3.05) is 11.4 Å². The van der Waals surface area contributed by atoms with Crippen molar-refractivity contribution in [1.29, 1.82) is 0 Å². The minimum Gasteiger partial charge on any atom is -0.508 e. The number of anilines is 1. The average Bonchev–Trinajstić information content (AvgIpc) is 2.38. The third-order valence-corrected chi connectivity index (χ3v) is 2.81. The molecule has 0 saturated carbocycles. The lowest BCUT2D eigenvalue weighted by Crippen LogP contribution is -2.30. The van der Waals surface area contributed by atoms with E-state index in [0.29, 0.717) is 18.3 Å². The maximum Gasteiger partial charge on any atom is 0.258 e. The van der Waals surface area contributed by atoms with E-state index >= 15 is 0 Å². The van der Waals surface area contributed by atoms with E-state index in [9.17, 15) is 18.7 Å². The molecule has 20 heavy (non-hydrogen) atoms. The molecule has 5 heteroatoms. The molecule has 0 atom stereocenters. The van der Waals surface area contributed by atoms with Gasteiger partial charge in [0.15, 0.2) is 0 Å². The highest BCUT2D eigenvalue weighted by molar-refractivity contribution is 6.06. The molecule has 2 aromatic carbocycles. The van der Waals surface area contributed by atoms with Crippen LogP contribution in [0.25, 0.3) is 0 Å². The zero-order chi connectivity index (χ0) is 14.7. The topological polar surface area (TPSA) is 40.5 Å². The summed E-state index contributed by atoms with van der Waals surface area (Å²) in [7, 11) is 0. The molecule has 1 N–H and O–H groups in total. The monoisotopic (exact) mass is 277 g/mol. The van der Waals surface area contributed by atoms with E-state index in [1.807, 2.05) is 0 Å². The number of nitrogens with zero attached hydrogens (tertiary/aromatic N) is 1. The highest BCUT2D eigenvalue weighted by Gasteiger charge is 2.18. The normalized spacial score (nSPS) is 10.3. The molecule has 2 aromatic rings. The molecule has 104 valence electrons. The third kappa shape index (κ3) is 2.93. The minimum atomic E-state index is -0.805. The summed E-state index contributed by atoms with van der Waals surface area (Å²) >= 11 is 0. The van der Waals surface area contributed by atoms with Crippen molar-refractivity contribution in [1.82, 2.24) is 0 Å². The van der Waals surface area contributed by atoms with Crippen molar-refractivity contribution in [3.05, 3.63) is 59.7 Å². The van der Waals surface area contributed by atoms with E-state index in [-0.39, 0.29) is 11.3 Å². The summed E-state index contributed by atoms with van der Waals surface area (Å²) in [5.74, 6) is -2.13. The molecule has 0 heterocycles. The Morgan fingerprint density at radius 3 is 2.35 bits per heavy atom. The number of hydrogen-bond donors (Lipinski definition) is 1. The highest BCUT2D eigenvalue weighted by Crippen LogP contribution is 2.22. The molecule has 0 radical (unpaired) electrons. The van der Waals surface area contributed by atoms with Crippen LogP contribution in [0.4, 0.5) is 14.5 Å². The van der Waals surface area contributed by atoms with Gasteiger partial charge in [-0.2, -0.15) is 0 Å². The van der Waals surface area contributed by atoms with Crippen LogP contribution in [0.5, 0.6) is 5.75 Å². The van der Waals surface area contributed by atoms with Gasteiger partial charge < -0.3 is 10.0 Å². The predicted octanol–water partition coefficient (Wildman–Crippen LogP) is 3.34. The van der Waals surface area contributed by atoms with Crippen molar-refractivity contribution in [3.8, 4) is 5.75 Å². The fourth-order valence-electron chi connectivity index (χ4n) is 1.94. The number of halogens is 2. The number of phenols is 1. The Labute approximate surface area is 115 Å². The molecule has 0 aliphatic rings. The first-order chi connectivity index (χ1) is 9.51. The summed E-state index contributed by atoms with van der Waals surface area (Å²) in [5.41, 5.74) is 0.384. The summed E-state index contributed by atoms with van der Waals surface area (Å²) < 4.78 is 26.3. The molecule has 0 saturated heterocycles. The molecule has 0 aromatic heterocycles. The van der Waals surface area contributed by atoms with E-state index in [2.05, 4.69) is 0 Å². The first kappa shape index (κ1) is 14.0. The van der Waals surface area contributed by atoms with E-state index in [1.54, 1.807) is 19.1 Å². The quantitative estimate of drug-likeness (QED) is 0.934. The van der Waals surface area contributed by atoms with Gasteiger partial charge >= 0.3 is 0 Å². The summed E-state index contributed by atoms with van der Waals surface area (Å²) in [6, 6.07) is 8.79. The minimum absolute atomic E-state index is 0.0131. The maximum atomic E-state index is 13.2. The van der Waals surface area contributed by atoms with Gasteiger partial charge in [-0.05, 0) is 31.2 Å². The van der Waals surface area contributed by atoms with Gasteiger partial charge in [0.25, 0.3) is 5.91 Å². The zero-order valence-electron chi connectivity index (χ0n) is 10.8. The Balaban J connectivity index is 2.38. The molecule has 0 spiro atoms. The second-order valence-corrected chi connectivity index (χ2v) is 4.23. The average molecular weight is 277 g/mol. The molecule has 2 rings (SSSR count). The highest BCUT2D eigenvalue weighted by atomic mass is 19.1. The van der Waals surface area contributed by atoms with Crippen LogP contribution in [0.2, 0.25) is 0 Å². The Morgan fingerprint density at radius 2 is 1.80 bits per heavy atom. The largest absolute Gasteiger partial charge is 0.508 e. The van der Waals surface area contributed by atoms with Crippen LogP contribution in [0.3, 0.4) is 0 Å². The summed E-state index contributed by atoms with van der Waals surface area (Å²) in [6.45, 7) is 2.04. The van der Waals surface area contributed by atoms with Crippen molar-refractivity contribution in [3.63, 3.8) is 0 Å². The Morgan fingerprint density at radius 1 is 1.15 bits per heavy atom. The number of rotatable bonds is 3. The number of phenolic OH excluding ortho intramolecular Hbond substituents is 1. The van der Waals surface area contributed by atoms with Gasteiger partial charge in [-0.3, -0.25) is 4.79 Å². The van der Waals surface area contributed by atoms with Crippen LogP contribution in [0.1, 0.15) is 17.3 Å². The standard InChI is InChI=1S/C15H13F2NO2/c1-2-18(13-4-3-5-14(19)9-13)15(20)10-6-11(16)8-12(17)7-10/h3-9,19H,2H2,1H3. The van der Waals surface area contributed by atoms with Crippen LogP contribution in [-0.4, -0.2) is 17.6 Å². The third-order valence-electron chi connectivity index (χ3n) is 2.81. The molecule has 0 fully saturated rings. The molecular formula is C15H13F2NO2. The van der Waals surface area contributed by atoms with Gasteiger partial charge in [0.05, 0.1) is 0 Å².